The summed E-state index contributed by atoms with van der Waals surface area (Å²) in [6, 6.07) is 20.5. The summed E-state index contributed by atoms with van der Waals surface area (Å²) in [6.07, 6.45) is 1.84. The summed E-state index contributed by atoms with van der Waals surface area (Å²) in [6.45, 7) is 4.51. The monoisotopic (exact) mass is 411 g/mol. The molecule has 0 saturated carbocycles. The third kappa shape index (κ3) is 5.35. The molecule has 3 aromatic carbocycles. The summed E-state index contributed by atoms with van der Waals surface area (Å²) in [5.74, 6) is 0.230. The number of carbonyl (C=O) groups is 1. The van der Waals surface area contributed by atoms with E-state index in [0.29, 0.717) is 12.1 Å². The molecule has 0 aromatic heterocycles. The summed E-state index contributed by atoms with van der Waals surface area (Å²) in [5, 5.41) is 2.13. The van der Waals surface area contributed by atoms with E-state index < -0.39 is 10.1 Å². The van der Waals surface area contributed by atoms with Gasteiger partial charge in [0.1, 0.15) is 5.75 Å². The highest BCUT2D eigenvalue weighted by Crippen LogP contribution is 2.21. The van der Waals surface area contributed by atoms with Crippen molar-refractivity contribution in [3.63, 3.8) is 0 Å². The van der Waals surface area contributed by atoms with Gasteiger partial charge in [-0.2, -0.15) is 8.42 Å². The van der Waals surface area contributed by atoms with Crippen LogP contribution in [0.25, 0.3) is 10.8 Å². The van der Waals surface area contributed by atoms with Crippen LogP contribution in [0.1, 0.15) is 36.2 Å². The lowest BCUT2D eigenvalue weighted by Crippen LogP contribution is -2.37. The fourth-order valence-corrected chi connectivity index (χ4v) is 3.62. The van der Waals surface area contributed by atoms with Gasteiger partial charge in [0.2, 0.25) is 0 Å². The second-order valence-electron chi connectivity index (χ2n) is 7.18. The second kappa shape index (κ2) is 8.66. The van der Waals surface area contributed by atoms with Gasteiger partial charge in [-0.05, 0) is 53.9 Å². The molecule has 3 aromatic rings. The van der Waals surface area contributed by atoms with Gasteiger partial charge in [0.05, 0.1) is 6.26 Å². The minimum Gasteiger partial charge on any atom is -0.383 e. The van der Waals surface area contributed by atoms with Crippen molar-refractivity contribution in [3.05, 3.63) is 77.9 Å². The Bertz CT molecular complexity index is 1110. The van der Waals surface area contributed by atoms with Gasteiger partial charge in [-0.3, -0.25) is 4.79 Å². The number of benzene rings is 3. The van der Waals surface area contributed by atoms with Gasteiger partial charge in [0.25, 0.3) is 5.91 Å². The molecule has 152 valence electrons. The Balaban J connectivity index is 1.84. The van der Waals surface area contributed by atoms with Crippen molar-refractivity contribution in [2.24, 2.45) is 0 Å². The normalized spacial score (nSPS) is 12.5. The largest absolute Gasteiger partial charge is 0.383 e. The molecule has 0 bridgehead atoms. The Morgan fingerprint density at radius 2 is 1.66 bits per heavy atom. The molecule has 29 heavy (non-hydrogen) atoms. The molecule has 1 amide bonds. The van der Waals surface area contributed by atoms with Crippen molar-refractivity contribution >= 4 is 26.8 Å². The van der Waals surface area contributed by atoms with E-state index >= 15 is 0 Å². The van der Waals surface area contributed by atoms with Gasteiger partial charge in [0.15, 0.2) is 0 Å². The standard InChI is InChI=1S/C23H25NO4S/c1-4-17(2)24(16-18-9-13-22(14-10-18)28-29(3,26)27)23(25)21-12-11-19-7-5-6-8-20(19)15-21/h5-15,17H,4,16H2,1-3H3/t17-/m1/s1. The third-order valence-electron chi connectivity index (χ3n) is 4.90. The molecule has 0 aliphatic heterocycles. The first-order chi connectivity index (χ1) is 13.8. The lowest BCUT2D eigenvalue weighted by molar-refractivity contribution is 0.0672. The van der Waals surface area contributed by atoms with Crippen molar-refractivity contribution in [1.82, 2.24) is 4.90 Å². The average Bonchev–Trinajstić information content (AvgIpc) is 2.70. The smallest absolute Gasteiger partial charge is 0.306 e. The zero-order chi connectivity index (χ0) is 21.0. The Labute approximate surface area is 172 Å². The summed E-state index contributed by atoms with van der Waals surface area (Å²) >= 11 is 0. The fourth-order valence-electron chi connectivity index (χ4n) is 3.16. The zero-order valence-corrected chi connectivity index (χ0v) is 17.6. The van der Waals surface area contributed by atoms with Crippen molar-refractivity contribution in [2.75, 3.05) is 6.26 Å². The molecule has 5 nitrogen and oxygen atoms in total. The van der Waals surface area contributed by atoms with E-state index in [1.54, 1.807) is 24.3 Å². The first-order valence-corrected chi connectivity index (χ1v) is 11.4. The van der Waals surface area contributed by atoms with E-state index in [1.165, 1.54) is 0 Å². The lowest BCUT2D eigenvalue weighted by atomic mass is 10.0. The Morgan fingerprint density at radius 1 is 1.00 bits per heavy atom. The van der Waals surface area contributed by atoms with Crippen molar-refractivity contribution in [3.8, 4) is 5.75 Å². The molecule has 1 atom stereocenters. The van der Waals surface area contributed by atoms with E-state index in [-0.39, 0.29) is 17.7 Å². The van der Waals surface area contributed by atoms with Gasteiger partial charge in [-0.15, -0.1) is 0 Å². The number of carbonyl (C=O) groups excluding carboxylic acids is 1. The van der Waals surface area contributed by atoms with Crippen LogP contribution in [0.2, 0.25) is 0 Å². The van der Waals surface area contributed by atoms with E-state index in [2.05, 4.69) is 0 Å². The van der Waals surface area contributed by atoms with Crippen LogP contribution in [-0.2, 0) is 16.7 Å². The van der Waals surface area contributed by atoms with Gasteiger partial charge in [-0.1, -0.05) is 49.4 Å². The van der Waals surface area contributed by atoms with E-state index in [4.69, 9.17) is 4.18 Å². The van der Waals surface area contributed by atoms with Gasteiger partial charge in [-0.25, -0.2) is 0 Å². The summed E-state index contributed by atoms with van der Waals surface area (Å²) < 4.78 is 27.4. The maximum Gasteiger partial charge on any atom is 0.306 e. The molecule has 0 N–H and O–H groups in total. The SMILES string of the molecule is CC[C@@H](C)N(Cc1ccc(OS(C)(=O)=O)cc1)C(=O)c1ccc2ccccc2c1. The first-order valence-electron chi connectivity index (χ1n) is 9.55. The maximum atomic E-state index is 13.3. The number of rotatable bonds is 7. The zero-order valence-electron chi connectivity index (χ0n) is 16.8. The van der Waals surface area contributed by atoms with Crippen LogP contribution in [-0.4, -0.2) is 31.5 Å². The molecule has 0 aliphatic rings. The van der Waals surface area contributed by atoms with Crippen molar-refractivity contribution in [1.29, 1.82) is 0 Å². The number of hydrogen-bond donors (Lipinski definition) is 0. The Morgan fingerprint density at radius 3 is 2.28 bits per heavy atom. The lowest BCUT2D eigenvalue weighted by Gasteiger charge is -2.29. The van der Waals surface area contributed by atoms with Crippen LogP contribution in [0.3, 0.4) is 0 Å². The predicted molar refractivity (Wildman–Crippen MR) is 115 cm³/mol. The highest BCUT2D eigenvalue weighted by atomic mass is 32.2. The van der Waals surface area contributed by atoms with Crippen molar-refractivity contribution < 1.29 is 17.4 Å². The van der Waals surface area contributed by atoms with E-state index in [9.17, 15) is 13.2 Å². The molecule has 0 aliphatic carbocycles. The molecule has 0 fully saturated rings. The average molecular weight is 412 g/mol. The molecule has 0 spiro atoms. The molecule has 3 rings (SSSR count). The van der Waals surface area contributed by atoms with Crippen molar-refractivity contribution in [2.45, 2.75) is 32.9 Å². The fraction of sp³-hybridized carbons (Fsp3) is 0.261. The Hall–Kier alpha value is -2.86. The Kier molecular flexibility index (Phi) is 6.23. The molecule has 0 unspecified atom stereocenters. The summed E-state index contributed by atoms with van der Waals surface area (Å²) in [4.78, 5) is 15.1. The quantitative estimate of drug-likeness (QED) is 0.532. The maximum absolute atomic E-state index is 13.3. The molecule has 0 radical (unpaired) electrons. The number of fused-ring (bicyclic) bond motifs is 1. The minimum absolute atomic E-state index is 0.0263. The van der Waals surface area contributed by atoms with Crippen LogP contribution in [0, 0.1) is 0 Å². The van der Waals surface area contributed by atoms with E-state index in [1.807, 2.05) is 61.2 Å². The van der Waals surface area contributed by atoms with Gasteiger partial charge < -0.3 is 9.08 Å². The molecule has 0 heterocycles. The molecular weight excluding hydrogens is 386 g/mol. The summed E-state index contributed by atoms with van der Waals surface area (Å²) in [5.41, 5.74) is 1.56. The minimum atomic E-state index is -3.56. The molecule has 6 heteroatoms. The number of nitrogens with zero attached hydrogens (tertiary/aromatic N) is 1. The van der Waals surface area contributed by atoms with Crippen LogP contribution >= 0.6 is 0 Å². The second-order valence-corrected chi connectivity index (χ2v) is 8.76. The van der Waals surface area contributed by atoms with Crippen LogP contribution < -0.4 is 4.18 Å². The van der Waals surface area contributed by atoms with Crippen LogP contribution in [0.15, 0.2) is 66.7 Å². The highest BCUT2D eigenvalue weighted by Gasteiger charge is 2.21. The summed E-state index contributed by atoms with van der Waals surface area (Å²) in [7, 11) is -3.56. The first kappa shape index (κ1) is 20.9. The van der Waals surface area contributed by atoms with Crippen LogP contribution in [0.4, 0.5) is 0 Å². The predicted octanol–water partition coefficient (Wildman–Crippen LogP) is 4.62. The van der Waals surface area contributed by atoms with Crippen LogP contribution in [0.5, 0.6) is 5.75 Å². The molecular formula is C23H25NO4S. The topological polar surface area (TPSA) is 63.7 Å². The highest BCUT2D eigenvalue weighted by molar-refractivity contribution is 7.86. The van der Waals surface area contributed by atoms with E-state index in [0.717, 1.165) is 29.0 Å². The molecule has 0 saturated heterocycles. The number of amides is 1. The number of hydrogen-bond acceptors (Lipinski definition) is 4. The van der Waals surface area contributed by atoms with Gasteiger partial charge in [0, 0.05) is 18.2 Å². The van der Waals surface area contributed by atoms with Gasteiger partial charge >= 0.3 is 10.1 Å². The third-order valence-corrected chi connectivity index (χ3v) is 5.40.